The zero-order chi connectivity index (χ0) is 21.8. The smallest absolute Gasteiger partial charge is 0.412 e. The standard InChI is InChI=1S/C19H25N3O6S/c1-10-11(22-18(26)28-19(2,3)4)6-7-12-14(10)16(25)27-17(20-12)21-13(15(23)24)8-9-29-5/h6-7,13H,8-9H2,1-5H3,(H,20,21)(H,22,26)(H,23,24)/t13-/m0/s1. The van der Waals surface area contributed by atoms with Crippen LogP contribution in [0.25, 0.3) is 10.9 Å². The Morgan fingerprint density at radius 3 is 2.62 bits per heavy atom. The Hall–Kier alpha value is -2.75. The third-order valence-electron chi connectivity index (χ3n) is 3.90. The Morgan fingerprint density at radius 2 is 2.03 bits per heavy atom. The highest BCUT2D eigenvalue weighted by Gasteiger charge is 2.21. The number of carbonyl (C=O) groups is 2. The van der Waals surface area contributed by atoms with Crippen molar-refractivity contribution in [3.8, 4) is 0 Å². The molecule has 10 heteroatoms. The average Bonchev–Trinajstić information content (AvgIpc) is 2.59. The molecule has 29 heavy (non-hydrogen) atoms. The summed E-state index contributed by atoms with van der Waals surface area (Å²) >= 11 is 1.51. The predicted molar refractivity (Wildman–Crippen MR) is 113 cm³/mol. The molecule has 2 rings (SSSR count). The lowest BCUT2D eigenvalue weighted by Crippen LogP contribution is -2.30. The van der Waals surface area contributed by atoms with Crippen molar-refractivity contribution in [3.05, 3.63) is 28.1 Å². The van der Waals surface area contributed by atoms with Gasteiger partial charge in [-0.25, -0.2) is 14.4 Å². The van der Waals surface area contributed by atoms with Crippen LogP contribution in [0.5, 0.6) is 0 Å². The first-order chi connectivity index (χ1) is 13.5. The molecule has 0 radical (unpaired) electrons. The Bertz CT molecular complexity index is 967. The van der Waals surface area contributed by atoms with E-state index in [-0.39, 0.29) is 11.4 Å². The molecule has 0 bridgehead atoms. The highest BCUT2D eigenvalue weighted by molar-refractivity contribution is 7.98. The summed E-state index contributed by atoms with van der Waals surface area (Å²) in [5.41, 5.74) is -0.155. The van der Waals surface area contributed by atoms with Crippen LogP contribution in [-0.4, -0.2) is 45.8 Å². The number of hydrogen-bond acceptors (Lipinski definition) is 8. The van der Waals surface area contributed by atoms with Gasteiger partial charge in [-0.1, -0.05) is 0 Å². The summed E-state index contributed by atoms with van der Waals surface area (Å²) in [5.74, 6) is -0.433. The van der Waals surface area contributed by atoms with Gasteiger partial charge in [0, 0.05) is 5.69 Å². The van der Waals surface area contributed by atoms with Gasteiger partial charge in [0.25, 0.3) is 6.01 Å². The molecule has 0 unspecified atom stereocenters. The molecule has 1 heterocycles. The topological polar surface area (TPSA) is 131 Å². The number of benzene rings is 1. The van der Waals surface area contributed by atoms with Gasteiger partial charge < -0.3 is 19.6 Å². The number of ether oxygens (including phenoxy) is 1. The number of carboxylic acid groups (broad SMARTS) is 1. The van der Waals surface area contributed by atoms with Crippen molar-refractivity contribution >= 4 is 46.4 Å². The average molecular weight is 423 g/mol. The Balaban J connectivity index is 2.32. The van der Waals surface area contributed by atoms with E-state index in [2.05, 4.69) is 15.6 Å². The monoisotopic (exact) mass is 423 g/mol. The summed E-state index contributed by atoms with van der Waals surface area (Å²) in [6.45, 7) is 6.89. The van der Waals surface area contributed by atoms with Gasteiger partial charge in [-0.2, -0.15) is 16.7 Å². The fraction of sp³-hybridized carbons (Fsp3) is 0.474. The van der Waals surface area contributed by atoms with Crippen LogP contribution >= 0.6 is 11.8 Å². The summed E-state index contributed by atoms with van der Waals surface area (Å²) in [6.07, 6.45) is 1.57. The summed E-state index contributed by atoms with van der Waals surface area (Å²) in [6, 6.07) is 2.06. The summed E-state index contributed by atoms with van der Waals surface area (Å²) in [5, 5.41) is 14.8. The van der Waals surface area contributed by atoms with E-state index < -0.39 is 29.3 Å². The SMILES string of the molecule is CSCC[C@H](Nc1nc2ccc(NC(=O)OC(C)(C)C)c(C)c2c(=O)o1)C(=O)O. The van der Waals surface area contributed by atoms with Gasteiger partial charge in [0.15, 0.2) is 0 Å². The number of amides is 1. The molecule has 0 aliphatic rings. The fourth-order valence-electron chi connectivity index (χ4n) is 2.57. The molecule has 0 spiro atoms. The van der Waals surface area contributed by atoms with E-state index in [4.69, 9.17) is 9.15 Å². The first-order valence-corrected chi connectivity index (χ1v) is 10.3. The molecule has 0 saturated carbocycles. The van der Waals surface area contributed by atoms with E-state index in [1.807, 2.05) is 6.26 Å². The number of fused-ring (bicyclic) bond motifs is 1. The first-order valence-electron chi connectivity index (χ1n) is 8.94. The Labute approximate surface area is 172 Å². The van der Waals surface area contributed by atoms with Crippen LogP contribution in [0.3, 0.4) is 0 Å². The predicted octanol–water partition coefficient (Wildman–Crippen LogP) is 3.46. The van der Waals surface area contributed by atoms with E-state index in [0.717, 1.165) is 0 Å². The number of nitrogens with one attached hydrogen (secondary N) is 2. The van der Waals surface area contributed by atoms with E-state index in [1.165, 1.54) is 11.8 Å². The van der Waals surface area contributed by atoms with Gasteiger partial charge in [0.1, 0.15) is 11.6 Å². The summed E-state index contributed by atoms with van der Waals surface area (Å²) < 4.78 is 10.4. The fourth-order valence-corrected chi connectivity index (χ4v) is 3.04. The lowest BCUT2D eigenvalue weighted by atomic mass is 10.1. The number of hydrogen-bond donors (Lipinski definition) is 3. The van der Waals surface area contributed by atoms with E-state index in [0.29, 0.717) is 28.9 Å². The second kappa shape index (κ2) is 9.17. The number of aliphatic carboxylic acids is 1. The molecule has 0 fully saturated rings. The maximum absolute atomic E-state index is 12.5. The second-order valence-electron chi connectivity index (χ2n) is 7.38. The quantitative estimate of drug-likeness (QED) is 0.612. The zero-order valence-corrected chi connectivity index (χ0v) is 17.8. The van der Waals surface area contributed by atoms with Crippen LogP contribution in [-0.2, 0) is 9.53 Å². The number of thioether (sulfide) groups is 1. The maximum atomic E-state index is 12.5. The highest BCUT2D eigenvalue weighted by Crippen LogP contribution is 2.24. The molecule has 1 atom stereocenters. The molecule has 1 aromatic carbocycles. The second-order valence-corrected chi connectivity index (χ2v) is 8.37. The van der Waals surface area contributed by atoms with E-state index in [1.54, 1.807) is 39.8 Å². The lowest BCUT2D eigenvalue weighted by Gasteiger charge is -2.20. The first kappa shape index (κ1) is 22.5. The minimum atomic E-state index is -1.06. The number of carbonyl (C=O) groups excluding carboxylic acids is 1. The molecule has 1 amide bonds. The number of rotatable bonds is 7. The van der Waals surface area contributed by atoms with Gasteiger partial charge in [-0.15, -0.1) is 0 Å². The van der Waals surface area contributed by atoms with Crippen molar-refractivity contribution in [1.82, 2.24) is 4.98 Å². The van der Waals surface area contributed by atoms with Crippen molar-refractivity contribution in [3.63, 3.8) is 0 Å². The van der Waals surface area contributed by atoms with Crippen LogP contribution in [0.15, 0.2) is 21.3 Å². The van der Waals surface area contributed by atoms with Gasteiger partial charge in [0.2, 0.25) is 0 Å². The van der Waals surface area contributed by atoms with Gasteiger partial charge in [-0.05, 0) is 63.8 Å². The number of nitrogens with zero attached hydrogens (tertiary/aromatic N) is 1. The molecule has 9 nitrogen and oxygen atoms in total. The Morgan fingerprint density at radius 1 is 1.34 bits per heavy atom. The molecule has 2 aromatic rings. The summed E-state index contributed by atoms with van der Waals surface area (Å²) in [7, 11) is 0. The minimum Gasteiger partial charge on any atom is -0.480 e. The largest absolute Gasteiger partial charge is 0.480 e. The third kappa shape index (κ3) is 6.11. The van der Waals surface area contributed by atoms with Crippen LogP contribution in [0, 0.1) is 6.92 Å². The molecule has 3 N–H and O–H groups in total. The van der Waals surface area contributed by atoms with Crippen LogP contribution in [0.2, 0.25) is 0 Å². The van der Waals surface area contributed by atoms with Crippen molar-refractivity contribution in [2.75, 3.05) is 22.6 Å². The van der Waals surface area contributed by atoms with Crippen molar-refractivity contribution in [2.24, 2.45) is 0 Å². The van der Waals surface area contributed by atoms with E-state index in [9.17, 15) is 19.5 Å². The number of carboxylic acids is 1. The highest BCUT2D eigenvalue weighted by atomic mass is 32.2. The number of anilines is 2. The van der Waals surface area contributed by atoms with Crippen molar-refractivity contribution in [1.29, 1.82) is 0 Å². The molecule has 0 aliphatic heterocycles. The maximum Gasteiger partial charge on any atom is 0.412 e. The normalized spacial score (nSPS) is 12.4. The van der Waals surface area contributed by atoms with E-state index >= 15 is 0 Å². The third-order valence-corrected chi connectivity index (χ3v) is 4.54. The number of aromatic nitrogens is 1. The van der Waals surface area contributed by atoms with Crippen LogP contribution < -0.4 is 16.3 Å². The van der Waals surface area contributed by atoms with Crippen molar-refractivity contribution in [2.45, 2.75) is 45.8 Å². The molecular formula is C19H25N3O6S. The van der Waals surface area contributed by atoms with Gasteiger partial charge in [0.05, 0.1) is 10.9 Å². The van der Waals surface area contributed by atoms with Crippen LogP contribution in [0.1, 0.15) is 32.8 Å². The van der Waals surface area contributed by atoms with Crippen molar-refractivity contribution < 1.29 is 23.8 Å². The Kier molecular flexibility index (Phi) is 7.12. The number of aryl methyl sites for hydroxylation is 1. The van der Waals surface area contributed by atoms with Gasteiger partial charge in [-0.3, -0.25) is 5.32 Å². The molecule has 0 aliphatic carbocycles. The minimum absolute atomic E-state index is 0.164. The summed E-state index contributed by atoms with van der Waals surface area (Å²) in [4.78, 5) is 40.1. The molecule has 1 aromatic heterocycles. The molecule has 0 saturated heterocycles. The van der Waals surface area contributed by atoms with Gasteiger partial charge >= 0.3 is 17.7 Å². The zero-order valence-electron chi connectivity index (χ0n) is 17.0. The lowest BCUT2D eigenvalue weighted by molar-refractivity contribution is -0.138. The molecular weight excluding hydrogens is 398 g/mol. The molecule has 158 valence electrons. The van der Waals surface area contributed by atoms with Crippen LogP contribution in [0.4, 0.5) is 16.5 Å².